The Balaban J connectivity index is 1.70. The standard InChI is InChI=1S/C23H21N5O3/c1-3-31-23(30)20-15-25-28(18-12-8-5-9-13-18)21(20)26-22(29)19-14-24-27(16(19)2)17-10-6-4-7-11-17/h4-15H,3H2,1-2H3,(H,26,29). The first-order valence-electron chi connectivity index (χ1n) is 9.82. The predicted octanol–water partition coefficient (Wildman–Crippen LogP) is 3.80. The average molecular weight is 415 g/mol. The number of rotatable bonds is 6. The van der Waals surface area contributed by atoms with E-state index in [-0.39, 0.29) is 18.0 Å². The molecule has 2 aromatic carbocycles. The number of hydrogen-bond acceptors (Lipinski definition) is 5. The maximum atomic E-state index is 13.1. The number of hydrogen-bond donors (Lipinski definition) is 1. The highest BCUT2D eigenvalue weighted by molar-refractivity contribution is 6.08. The smallest absolute Gasteiger partial charge is 0.343 e. The number of nitrogens with zero attached hydrogens (tertiary/aromatic N) is 4. The molecule has 0 aliphatic carbocycles. The van der Waals surface area contributed by atoms with E-state index in [0.29, 0.717) is 16.9 Å². The van der Waals surface area contributed by atoms with Gasteiger partial charge in [-0.1, -0.05) is 36.4 Å². The summed E-state index contributed by atoms with van der Waals surface area (Å²) in [5, 5.41) is 11.5. The molecule has 0 saturated heterocycles. The van der Waals surface area contributed by atoms with E-state index in [1.54, 1.807) is 11.6 Å². The minimum atomic E-state index is -0.559. The molecule has 156 valence electrons. The summed E-state index contributed by atoms with van der Waals surface area (Å²) in [4.78, 5) is 25.6. The Hall–Kier alpha value is -4.20. The lowest BCUT2D eigenvalue weighted by atomic mass is 10.2. The number of carbonyl (C=O) groups excluding carboxylic acids is 2. The van der Waals surface area contributed by atoms with Gasteiger partial charge in [-0.2, -0.15) is 10.2 Å². The molecule has 0 spiro atoms. The lowest BCUT2D eigenvalue weighted by Gasteiger charge is -2.11. The van der Waals surface area contributed by atoms with Crippen LogP contribution in [0.1, 0.15) is 33.3 Å². The molecule has 8 nitrogen and oxygen atoms in total. The Morgan fingerprint density at radius 3 is 2.03 bits per heavy atom. The summed E-state index contributed by atoms with van der Waals surface area (Å²) >= 11 is 0. The summed E-state index contributed by atoms with van der Waals surface area (Å²) in [5.41, 5.74) is 2.78. The van der Waals surface area contributed by atoms with Crippen molar-refractivity contribution in [1.82, 2.24) is 19.6 Å². The largest absolute Gasteiger partial charge is 0.462 e. The zero-order valence-electron chi connectivity index (χ0n) is 17.1. The van der Waals surface area contributed by atoms with Crippen molar-refractivity contribution in [2.75, 3.05) is 11.9 Å². The minimum Gasteiger partial charge on any atom is -0.462 e. The third-order valence-corrected chi connectivity index (χ3v) is 4.75. The number of anilines is 1. The van der Waals surface area contributed by atoms with E-state index in [9.17, 15) is 9.59 Å². The molecule has 0 atom stereocenters. The van der Waals surface area contributed by atoms with Gasteiger partial charge in [-0.25, -0.2) is 14.2 Å². The van der Waals surface area contributed by atoms with Gasteiger partial charge in [0.15, 0.2) is 5.82 Å². The van der Waals surface area contributed by atoms with E-state index in [2.05, 4.69) is 15.5 Å². The van der Waals surface area contributed by atoms with Crippen molar-refractivity contribution in [2.24, 2.45) is 0 Å². The molecule has 2 aromatic heterocycles. The van der Waals surface area contributed by atoms with E-state index < -0.39 is 11.9 Å². The second-order valence-electron chi connectivity index (χ2n) is 6.72. The van der Waals surface area contributed by atoms with Crippen LogP contribution in [0.5, 0.6) is 0 Å². The molecule has 4 aromatic rings. The second kappa shape index (κ2) is 8.66. The maximum Gasteiger partial charge on any atom is 0.343 e. The first kappa shape index (κ1) is 20.1. The maximum absolute atomic E-state index is 13.1. The molecule has 0 aliphatic heterocycles. The highest BCUT2D eigenvalue weighted by Crippen LogP contribution is 2.23. The summed E-state index contributed by atoms with van der Waals surface area (Å²) in [6, 6.07) is 18.8. The Bertz CT molecular complexity index is 1210. The van der Waals surface area contributed by atoms with Crippen LogP contribution in [0.25, 0.3) is 11.4 Å². The molecule has 1 amide bonds. The van der Waals surface area contributed by atoms with E-state index in [0.717, 1.165) is 5.69 Å². The summed E-state index contributed by atoms with van der Waals surface area (Å²) in [6.07, 6.45) is 2.89. The molecular weight excluding hydrogens is 394 g/mol. The van der Waals surface area contributed by atoms with Crippen LogP contribution in [-0.2, 0) is 4.74 Å². The van der Waals surface area contributed by atoms with Crippen LogP contribution >= 0.6 is 0 Å². The normalized spacial score (nSPS) is 10.6. The number of nitrogens with one attached hydrogen (secondary N) is 1. The van der Waals surface area contributed by atoms with Gasteiger partial charge in [-0.05, 0) is 38.1 Å². The fourth-order valence-electron chi connectivity index (χ4n) is 3.23. The van der Waals surface area contributed by atoms with Crippen LogP contribution < -0.4 is 5.32 Å². The van der Waals surface area contributed by atoms with Gasteiger partial charge in [0.05, 0.1) is 41.6 Å². The van der Waals surface area contributed by atoms with E-state index in [1.165, 1.54) is 17.1 Å². The first-order valence-corrected chi connectivity index (χ1v) is 9.82. The molecule has 4 rings (SSSR count). The van der Waals surface area contributed by atoms with Gasteiger partial charge in [0, 0.05) is 0 Å². The molecule has 2 heterocycles. The van der Waals surface area contributed by atoms with Gasteiger partial charge in [-0.15, -0.1) is 0 Å². The van der Waals surface area contributed by atoms with Crippen LogP contribution in [0.15, 0.2) is 73.1 Å². The van der Waals surface area contributed by atoms with Crippen LogP contribution in [0.2, 0.25) is 0 Å². The molecular formula is C23H21N5O3. The lowest BCUT2D eigenvalue weighted by molar-refractivity contribution is 0.0527. The van der Waals surface area contributed by atoms with Gasteiger partial charge < -0.3 is 10.1 Å². The van der Waals surface area contributed by atoms with Gasteiger partial charge in [-0.3, -0.25) is 4.79 Å². The van der Waals surface area contributed by atoms with Crippen molar-refractivity contribution in [3.05, 3.63) is 89.9 Å². The van der Waals surface area contributed by atoms with Crippen molar-refractivity contribution < 1.29 is 14.3 Å². The number of amides is 1. The molecule has 0 unspecified atom stereocenters. The molecule has 0 aliphatic rings. The SMILES string of the molecule is CCOC(=O)c1cnn(-c2ccccc2)c1NC(=O)c1cnn(-c2ccccc2)c1C. The topological polar surface area (TPSA) is 91.0 Å². The second-order valence-corrected chi connectivity index (χ2v) is 6.72. The summed E-state index contributed by atoms with van der Waals surface area (Å²) in [7, 11) is 0. The minimum absolute atomic E-state index is 0.173. The zero-order valence-corrected chi connectivity index (χ0v) is 17.1. The summed E-state index contributed by atoms with van der Waals surface area (Å²) in [5.74, 6) is -0.721. The lowest BCUT2D eigenvalue weighted by Crippen LogP contribution is -2.18. The third kappa shape index (κ3) is 3.95. The average Bonchev–Trinajstić information content (AvgIpc) is 3.39. The Labute approximate surface area is 179 Å². The van der Waals surface area contributed by atoms with Gasteiger partial charge in [0.1, 0.15) is 5.56 Å². The summed E-state index contributed by atoms with van der Waals surface area (Å²) < 4.78 is 8.32. The zero-order chi connectivity index (χ0) is 21.8. The number of carbonyl (C=O) groups is 2. The van der Waals surface area contributed by atoms with Crippen molar-refractivity contribution in [1.29, 1.82) is 0 Å². The van der Waals surface area contributed by atoms with Gasteiger partial charge in [0.25, 0.3) is 5.91 Å². The number of para-hydroxylation sites is 2. The predicted molar refractivity (Wildman–Crippen MR) is 116 cm³/mol. The van der Waals surface area contributed by atoms with E-state index in [1.807, 2.05) is 67.6 Å². The first-order chi connectivity index (χ1) is 15.1. The Morgan fingerprint density at radius 2 is 1.42 bits per heavy atom. The number of benzene rings is 2. The number of ether oxygens (including phenoxy) is 1. The molecule has 8 heteroatoms. The Kier molecular flexibility index (Phi) is 5.61. The van der Waals surface area contributed by atoms with Crippen molar-refractivity contribution in [3.8, 4) is 11.4 Å². The van der Waals surface area contributed by atoms with Gasteiger partial charge >= 0.3 is 5.97 Å². The highest BCUT2D eigenvalue weighted by atomic mass is 16.5. The van der Waals surface area contributed by atoms with Crippen molar-refractivity contribution in [3.63, 3.8) is 0 Å². The summed E-state index contributed by atoms with van der Waals surface area (Å²) in [6.45, 7) is 3.75. The molecule has 0 fully saturated rings. The number of esters is 1. The van der Waals surface area contributed by atoms with Crippen molar-refractivity contribution >= 4 is 17.7 Å². The monoisotopic (exact) mass is 415 g/mol. The van der Waals surface area contributed by atoms with E-state index in [4.69, 9.17) is 4.74 Å². The van der Waals surface area contributed by atoms with Crippen molar-refractivity contribution in [2.45, 2.75) is 13.8 Å². The molecule has 31 heavy (non-hydrogen) atoms. The van der Waals surface area contributed by atoms with Crippen LogP contribution in [0, 0.1) is 6.92 Å². The third-order valence-electron chi connectivity index (χ3n) is 4.75. The molecule has 0 radical (unpaired) electrons. The fourth-order valence-corrected chi connectivity index (χ4v) is 3.23. The fraction of sp³-hybridized carbons (Fsp3) is 0.130. The molecule has 1 N–H and O–H groups in total. The molecule has 0 bridgehead atoms. The quantitative estimate of drug-likeness (QED) is 0.484. The van der Waals surface area contributed by atoms with Crippen LogP contribution in [0.4, 0.5) is 5.82 Å². The molecule has 0 saturated carbocycles. The van der Waals surface area contributed by atoms with Gasteiger partial charge in [0.2, 0.25) is 0 Å². The Morgan fingerprint density at radius 1 is 0.871 bits per heavy atom. The van der Waals surface area contributed by atoms with E-state index >= 15 is 0 Å². The van der Waals surface area contributed by atoms with Crippen LogP contribution in [-0.4, -0.2) is 38.0 Å². The highest BCUT2D eigenvalue weighted by Gasteiger charge is 2.23. The number of aromatic nitrogens is 4. The van der Waals surface area contributed by atoms with Crippen LogP contribution in [0.3, 0.4) is 0 Å².